The van der Waals surface area contributed by atoms with E-state index in [1.165, 1.54) is 29.5 Å². The Morgan fingerprint density at radius 1 is 0.903 bits per heavy atom. The van der Waals surface area contributed by atoms with E-state index in [4.69, 9.17) is 4.74 Å². The van der Waals surface area contributed by atoms with Crippen molar-refractivity contribution in [3.8, 4) is 0 Å². The number of ketones is 1. The molecule has 18 heteroatoms. The lowest BCUT2D eigenvalue weighted by atomic mass is 9.94. The molecule has 5 heterocycles. The summed E-state index contributed by atoms with van der Waals surface area (Å²) in [5.74, 6) is -0.863. The predicted molar refractivity (Wildman–Crippen MR) is 243 cm³/mol. The SMILES string of the molecule is CS(=O)(=O)c1cc(S(=O)(=O)CC(=O)c2cccc(N3CCc4cccc(C(=O)Nc5nc6cccnc6s5)c4C3)n2)ccc1N[C@H](CCN1CCOCC1)CSc1ccccc1. The highest BCUT2D eigenvalue weighted by Crippen LogP contribution is 2.31. The predicted octanol–water partition coefficient (Wildman–Crippen LogP) is 6.26. The molecule has 3 aromatic heterocycles. The van der Waals surface area contributed by atoms with Crippen molar-refractivity contribution in [2.75, 3.05) is 72.7 Å². The van der Waals surface area contributed by atoms with Crippen molar-refractivity contribution in [3.05, 3.63) is 126 Å². The Balaban J connectivity index is 0.965. The van der Waals surface area contributed by atoms with Crippen molar-refractivity contribution in [3.63, 3.8) is 0 Å². The number of nitrogens with one attached hydrogen (secondary N) is 2. The number of hydrogen-bond donors (Lipinski definition) is 2. The van der Waals surface area contributed by atoms with Gasteiger partial charge in [0.2, 0.25) is 0 Å². The average molecular weight is 912 g/mol. The summed E-state index contributed by atoms with van der Waals surface area (Å²) in [6, 6.07) is 27.8. The van der Waals surface area contributed by atoms with Crippen molar-refractivity contribution in [1.82, 2.24) is 19.9 Å². The molecule has 2 aliphatic heterocycles. The maximum Gasteiger partial charge on any atom is 0.257 e. The van der Waals surface area contributed by atoms with E-state index in [1.807, 2.05) is 53.4 Å². The Labute approximate surface area is 369 Å². The maximum atomic E-state index is 13.8. The van der Waals surface area contributed by atoms with Gasteiger partial charge in [0, 0.05) is 67.4 Å². The van der Waals surface area contributed by atoms with Crippen LogP contribution in [-0.4, -0.2) is 112 Å². The van der Waals surface area contributed by atoms with Gasteiger partial charge in [0.1, 0.15) is 27.6 Å². The highest BCUT2D eigenvalue weighted by Gasteiger charge is 2.28. The number of sulfone groups is 2. The molecule has 1 atom stereocenters. The van der Waals surface area contributed by atoms with Gasteiger partial charge in [-0.15, -0.1) is 11.8 Å². The smallest absolute Gasteiger partial charge is 0.257 e. The molecule has 8 rings (SSSR count). The highest BCUT2D eigenvalue weighted by molar-refractivity contribution is 7.99. The Morgan fingerprint density at radius 2 is 1.71 bits per heavy atom. The molecule has 62 heavy (non-hydrogen) atoms. The normalized spacial score (nSPS) is 15.2. The minimum Gasteiger partial charge on any atom is -0.380 e. The van der Waals surface area contributed by atoms with Crippen molar-refractivity contribution in [2.24, 2.45) is 0 Å². The second-order valence-electron chi connectivity index (χ2n) is 15.1. The minimum atomic E-state index is -4.30. The van der Waals surface area contributed by atoms with Gasteiger partial charge in [-0.1, -0.05) is 47.7 Å². The zero-order valence-electron chi connectivity index (χ0n) is 33.9. The number of Topliss-reactive ketones (excluding diaryl/α,β-unsaturated/α-hetero) is 1. The van der Waals surface area contributed by atoms with Crippen LogP contribution in [0.1, 0.15) is 38.4 Å². The Bertz CT molecular complexity index is 2780. The van der Waals surface area contributed by atoms with Crippen LogP contribution in [0.2, 0.25) is 0 Å². The molecule has 0 aliphatic carbocycles. The number of fused-ring (bicyclic) bond motifs is 2. The molecular formula is C44H45N7O7S4. The third kappa shape index (κ3) is 10.5. The van der Waals surface area contributed by atoms with Crippen LogP contribution in [0.15, 0.2) is 118 Å². The summed E-state index contributed by atoms with van der Waals surface area (Å²) in [5.41, 5.74) is 3.26. The van der Waals surface area contributed by atoms with Gasteiger partial charge >= 0.3 is 0 Å². The van der Waals surface area contributed by atoms with Gasteiger partial charge in [-0.05, 0) is 84.6 Å². The summed E-state index contributed by atoms with van der Waals surface area (Å²) in [6.45, 7) is 4.62. The number of rotatable bonds is 16. The topological polar surface area (TPSA) is 181 Å². The average Bonchev–Trinajstić information content (AvgIpc) is 3.69. The first kappa shape index (κ1) is 43.4. The number of amides is 1. The molecule has 0 radical (unpaired) electrons. The number of thioether (sulfide) groups is 1. The lowest BCUT2D eigenvalue weighted by molar-refractivity contribution is 0.0370. The summed E-state index contributed by atoms with van der Waals surface area (Å²) in [5, 5.41) is 6.77. The van der Waals surface area contributed by atoms with Gasteiger partial charge in [0.15, 0.2) is 30.6 Å². The molecule has 0 bridgehead atoms. The van der Waals surface area contributed by atoms with Gasteiger partial charge < -0.3 is 15.0 Å². The Morgan fingerprint density at radius 3 is 2.50 bits per heavy atom. The van der Waals surface area contributed by atoms with Crippen LogP contribution in [0.3, 0.4) is 0 Å². The fourth-order valence-electron chi connectivity index (χ4n) is 7.48. The molecule has 0 spiro atoms. The lowest BCUT2D eigenvalue weighted by Crippen LogP contribution is -2.39. The molecule has 14 nitrogen and oxygen atoms in total. The highest BCUT2D eigenvalue weighted by atomic mass is 32.2. The van der Waals surface area contributed by atoms with E-state index in [9.17, 15) is 26.4 Å². The fourth-order valence-corrected chi connectivity index (χ4v) is 11.4. The van der Waals surface area contributed by atoms with Gasteiger partial charge in [0.05, 0.1) is 28.7 Å². The van der Waals surface area contributed by atoms with E-state index in [2.05, 4.69) is 30.5 Å². The standard InChI is InChI=1S/C44H45N7O7S4/c1-61(54,55)40-26-33(15-16-37(40)46-31(18-20-50-22-24-58-25-23-50)28-59-32-9-3-2-4-10-32)62(56,57)29-39(52)36-12-6-14-41(47-36)51-21-17-30-8-5-11-34(35(30)27-51)42(53)49-44-48-38-13-7-19-45-43(38)60-44/h2-16,19,26,31,46H,17-18,20-25,27-29H2,1H3,(H,48,49,53)/t31-/m1/s1. The largest absolute Gasteiger partial charge is 0.380 e. The van der Waals surface area contributed by atoms with Gasteiger partial charge in [-0.3, -0.25) is 19.8 Å². The first-order valence-electron chi connectivity index (χ1n) is 20.1. The van der Waals surface area contributed by atoms with Gasteiger partial charge in [-0.25, -0.2) is 31.8 Å². The summed E-state index contributed by atoms with van der Waals surface area (Å²) in [7, 11) is -8.21. The second-order valence-corrected chi connectivity index (χ2v) is 21.2. The fraction of sp³-hybridized carbons (Fsp3) is 0.295. The van der Waals surface area contributed by atoms with Gasteiger partial charge in [0.25, 0.3) is 5.91 Å². The van der Waals surface area contributed by atoms with Crippen molar-refractivity contribution in [1.29, 1.82) is 0 Å². The van der Waals surface area contributed by atoms with Crippen LogP contribution in [0.25, 0.3) is 10.3 Å². The zero-order chi connectivity index (χ0) is 43.3. The number of carbonyl (C=O) groups is 2. The van der Waals surface area contributed by atoms with E-state index in [0.717, 1.165) is 52.8 Å². The number of thiazole rings is 1. The van der Waals surface area contributed by atoms with Crippen LogP contribution >= 0.6 is 23.1 Å². The van der Waals surface area contributed by atoms with E-state index in [1.54, 1.807) is 42.2 Å². The Kier molecular flexibility index (Phi) is 13.3. The molecule has 1 saturated heterocycles. The number of benzene rings is 3. The summed E-state index contributed by atoms with van der Waals surface area (Å²) < 4.78 is 59.6. The molecule has 1 fully saturated rings. The van der Waals surface area contributed by atoms with Crippen molar-refractivity contribution < 1.29 is 31.2 Å². The van der Waals surface area contributed by atoms with Gasteiger partial charge in [-0.2, -0.15) is 0 Å². The third-order valence-electron chi connectivity index (χ3n) is 10.7. The lowest BCUT2D eigenvalue weighted by Gasteiger charge is -2.31. The maximum absolute atomic E-state index is 13.8. The first-order chi connectivity index (χ1) is 29.9. The van der Waals surface area contributed by atoms with Crippen LogP contribution in [0.4, 0.5) is 16.6 Å². The van der Waals surface area contributed by atoms with Crippen LogP contribution in [-0.2, 0) is 37.4 Å². The number of anilines is 3. The molecule has 3 aromatic carbocycles. The summed E-state index contributed by atoms with van der Waals surface area (Å²) in [4.78, 5) is 46.2. The van der Waals surface area contributed by atoms with E-state index in [-0.39, 0.29) is 27.4 Å². The molecule has 2 aliphatic rings. The molecule has 0 saturated carbocycles. The molecule has 0 unspecified atom stereocenters. The number of morpholine rings is 1. The molecule has 2 N–H and O–H groups in total. The molecular weight excluding hydrogens is 867 g/mol. The first-order valence-corrected chi connectivity index (χ1v) is 25.4. The number of nitrogens with zero attached hydrogens (tertiary/aromatic N) is 5. The van der Waals surface area contributed by atoms with Crippen LogP contribution in [0, 0.1) is 0 Å². The molecule has 1 amide bonds. The third-order valence-corrected chi connectivity index (χ3v) is 15.6. The summed E-state index contributed by atoms with van der Waals surface area (Å²) >= 11 is 2.94. The number of aromatic nitrogens is 3. The van der Waals surface area contributed by atoms with E-state index < -0.39 is 31.2 Å². The van der Waals surface area contributed by atoms with E-state index >= 15 is 0 Å². The number of carbonyl (C=O) groups excluding carboxylic acids is 2. The Hall–Kier alpha value is -5.24. The van der Waals surface area contributed by atoms with E-state index in [0.29, 0.717) is 72.6 Å². The van der Waals surface area contributed by atoms with Crippen LogP contribution in [0.5, 0.6) is 0 Å². The number of pyridine rings is 2. The molecule has 6 aromatic rings. The zero-order valence-corrected chi connectivity index (χ0v) is 37.2. The van der Waals surface area contributed by atoms with Crippen molar-refractivity contribution in [2.45, 2.75) is 40.1 Å². The quantitative estimate of drug-likeness (QED) is 0.0821. The molecule has 322 valence electrons. The minimum absolute atomic E-state index is 0.0482. The van der Waals surface area contributed by atoms with Crippen LogP contribution < -0.4 is 15.5 Å². The van der Waals surface area contributed by atoms with Crippen molar-refractivity contribution >= 4 is 81.4 Å². The number of ether oxygens (including phenoxy) is 1. The number of hydrogen-bond acceptors (Lipinski definition) is 15. The monoisotopic (exact) mass is 911 g/mol. The summed E-state index contributed by atoms with van der Waals surface area (Å²) in [6.07, 6.45) is 4.05. The second kappa shape index (κ2) is 19.0.